The van der Waals surface area contributed by atoms with E-state index in [0.29, 0.717) is 18.7 Å². The molecule has 0 saturated heterocycles. The van der Waals surface area contributed by atoms with Gasteiger partial charge in [-0.15, -0.1) is 0 Å². The fraction of sp³-hybridized carbons (Fsp3) is 0.467. The average Bonchev–Trinajstić information content (AvgIpc) is 2.46. The third kappa shape index (κ3) is 4.35. The molecule has 0 aliphatic rings. The minimum atomic E-state index is -0.346. The molecule has 0 fully saturated rings. The fourth-order valence-corrected chi connectivity index (χ4v) is 1.90. The van der Waals surface area contributed by atoms with Crippen LogP contribution < -0.4 is 0 Å². The molecule has 0 heterocycles. The standard InChI is InChI=1S/C15H21NO4/c1-11(15(18)20-4)9-16(2)14(17)13-7-5-12(6-8-13)10-19-3/h5-8,11H,9-10H2,1-4H3. The van der Waals surface area contributed by atoms with E-state index in [2.05, 4.69) is 4.74 Å². The van der Waals surface area contributed by atoms with E-state index in [1.807, 2.05) is 12.1 Å². The molecule has 0 aromatic heterocycles. The number of hydrogen-bond acceptors (Lipinski definition) is 4. The summed E-state index contributed by atoms with van der Waals surface area (Å²) in [7, 11) is 4.64. The van der Waals surface area contributed by atoms with Gasteiger partial charge in [0, 0.05) is 26.3 Å². The van der Waals surface area contributed by atoms with Crippen molar-refractivity contribution in [2.24, 2.45) is 5.92 Å². The normalized spacial score (nSPS) is 11.8. The SMILES string of the molecule is COCc1ccc(C(=O)N(C)CC(C)C(=O)OC)cc1. The van der Waals surface area contributed by atoms with Crippen LogP contribution in [-0.2, 0) is 20.9 Å². The molecular weight excluding hydrogens is 258 g/mol. The summed E-state index contributed by atoms with van der Waals surface area (Å²) in [6.07, 6.45) is 0. The van der Waals surface area contributed by atoms with E-state index in [9.17, 15) is 9.59 Å². The molecule has 110 valence electrons. The van der Waals surface area contributed by atoms with Crippen molar-refractivity contribution in [1.82, 2.24) is 4.90 Å². The first-order valence-corrected chi connectivity index (χ1v) is 6.40. The second kappa shape index (κ2) is 7.65. The Hall–Kier alpha value is -1.88. The van der Waals surface area contributed by atoms with E-state index in [4.69, 9.17) is 4.74 Å². The van der Waals surface area contributed by atoms with Gasteiger partial charge in [-0.25, -0.2) is 0 Å². The number of nitrogens with zero attached hydrogens (tertiary/aromatic N) is 1. The molecule has 5 heteroatoms. The van der Waals surface area contributed by atoms with Crippen molar-refractivity contribution in [3.63, 3.8) is 0 Å². The fourth-order valence-electron chi connectivity index (χ4n) is 1.90. The van der Waals surface area contributed by atoms with E-state index in [-0.39, 0.29) is 17.8 Å². The van der Waals surface area contributed by atoms with Crippen molar-refractivity contribution in [3.8, 4) is 0 Å². The van der Waals surface area contributed by atoms with E-state index in [1.54, 1.807) is 33.2 Å². The first kappa shape index (κ1) is 16.2. The molecule has 0 bridgehead atoms. The van der Waals surface area contributed by atoms with Crippen molar-refractivity contribution in [2.45, 2.75) is 13.5 Å². The summed E-state index contributed by atoms with van der Waals surface area (Å²) in [5.41, 5.74) is 1.60. The van der Waals surface area contributed by atoms with Crippen LogP contribution in [0.15, 0.2) is 24.3 Å². The van der Waals surface area contributed by atoms with Crippen LogP contribution in [0, 0.1) is 5.92 Å². The molecule has 1 aromatic rings. The van der Waals surface area contributed by atoms with Crippen LogP contribution in [0.5, 0.6) is 0 Å². The van der Waals surface area contributed by atoms with Crippen molar-refractivity contribution in [3.05, 3.63) is 35.4 Å². The van der Waals surface area contributed by atoms with E-state index in [1.165, 1.54) is 12.0 Å². The second-order valence-corrected chi connectivity index (χ2v) is 4.74. The summed E-state index contributed by atoms with van der Waals surface area (Å²) in [5, 5.41) is 0. The van der Waals surface area contributed by atoms with Gasteiger partial charge in [0.2, 0.25) is 0 Å². The van der Waals surface area contributed by atoms with Crippen LogP contribution in [0.2, 0.25) is 0 Å². The summed E-state index contributed by atoms with van der Waals surface area (Å²) in [6, 6.07) is 7.23. The number of benzene rings is 1. The zero-order valence-electron chi connectivity index (χ0n) is 12.4. The van der Waals surface area contributed by atoms with Gasteiger partial charge in [-0.1, -0.05) is 19.1 Å². The second-order valence-electron chi connectivity index (χ2n) is 4.74. The van der Waals surface area contributed by atoms with Gasteiger partial charge >= 0.3 is 5.97 Å². The Balaban J connectivity index is 2.66. The maximum Gasteiger partial charge on any atom is 0.310 e. The predicted molar refractivity (Wildman–Crippen MR) is 75.3 cm³/mol. The Labute approximate surface area is 119 Å². The van der Waals surface area contributed by atoms with Crippen molar-refractivity contribution in [2.75, 3.05) is 27.8 Å². The van der Waals surface area contributed by atoms with Gasteiger partial charge in [0.05, 0.1) is 19.6 Å². The van der Waals surface area contributed by atoms with Gasteiger partial charge in [-0.3, -0.25) is 9.59 Å². The Bertz CT molecular complexity index is 455. The van der Waals surface area contributed by atoms with Crippen LogP contribution >= 0.6 is 0 Å². The number of amides is 1. The molecule has 20 heavy (non-hydrogen) atoms. The van der Waals surface area contributed by atoms with Crippen LogP contribution in [0.3, 0.4) is 0 Å². The maximum atomic E-state index is 12.2. The molecule has 1 aromatic carbocycles. The number of rotatable bonds is 6. The lowest BCUT2D eigenvalue weighted by Gasteiger charge is -2.20. The molecule has 0 aliphatic heterocycles. The Morgan fingerprint density at radius 2 is 1.80 bits per heavy atom. The highest BCUT2D eigenvalue weighted by molar-refractivity contribution is 5.94. The van der Waals surface area contributed by atoms with Gasteiger partial charge in [0.25, 0.3) is 5.91 Å². The number of esters is 1. The highest BCUT2D eigenvalue weighted by Crippen LogP contribution is 2.09. The quantitative estimate of drug-likeness (QED) is 0.744. The predicted octanol–water partition coefficient (Wildman–Crippen LogP) is 1.71. The molecule has 1 rings (SSSR count). The molecule has 0 aliphatic carbocycles. The van der Waals surface area contributed by atoms with Crippen LogP contribution in [0.25, 0.3) is 0 Å². The van der Waals surface area contributed by atoms with Crippen LogP contribution in [-0.4, -0.2) is 44.6 Å². The molecular formula is C15H21NO4. The van der Waals surface area contributed by atoms with Crippen molar-refractivity contribution < 1.29 is 19.1 Å². The first-order chi connectivity index (χ1) is 9.49. The molecule has 0 N–H and O–H groups in total. The number of hydrogen-bond donors (Lipinski definition) is 0. The van der Waals surface area contributed by atoms with Crippen LogP contribution in [0.4, 0.5) is 0 Å². The summed E-state index contributed by atoms with van der Waals surface area (Å²) in [6.45, 7) is 2.58. The molecule has 0 radical (unpaired) electrons. The number of ether oxygens (including phenoxy) is 2. The minimum Gasteiger partial charge on any atom is -0.469 e. The third-order valence-corrected chi connectivity index (χ3v) is 3.01. The maximum absolute atomic E-state index is 12.2. The van der Waals surface area contributed by atoms with Crippen molar-refractivity contribution >= 4 is 11.9 Å². The highest BCUT2D eigenvalue weighted by Gasteiger charge is 2.19. The molecule has 1 atom stereocenters. The zero-order valence-corrected chi connectivity index (χ0v) is 12.4. The smallest absolute Gasteiger partial charge is 0.310 e. The molecule has 1 unspecified atom stereocenters. The molecule has 0 spiro atoms. The van der Waals surface area contributed by atoms with Crippen molar-refractivity contribution in [1.29, 1.82) is 0 Å². The number of carbonyl (C=O) groups excluding carboxylic acids is 2. The van der Waals surface area contributed by atoms with Gasteiger partial charge in [-0.2, -0.15) is 0 Å². The topological polar surface area (TPSA) is 55.8 Å². The first-order valence-electron chi connectivity index (χ1n) is 6.40. The Morgan fingerprint density at radius 3 is 2.30 bits per heavy atom. The summed E-state index contributed by atoms with van der Waals surface area (Å²) < 4.78 is 9.67. The molecule has 5 nitrogen and oxygen atoms in total. The lowest BCUT2D eigenvalue weighted by Crippen LogP contribution is -2.34. The van der Waals surface area contributed by atoms with E-state index >= 15 is 0 Å². The lowest BCUT2D eigenvalue weighted by molar-refractivity contribution is -0.145. The van der Waals surface area contributed by atoms with Gasteiger partial charge in [-0.05, 0) is 17.7 Å². The molecule has 1 amide bonds. The Morgan fingerprint density at radius 1 is 1.20 bits per heavy atom. The van der Waals surface area contributed by atoms with Gasteiger partial charge < -0.3 is 14.4 Å². The van der Waals surface area contributed by atoms with Gasteiger partial charge in [0.15, 0.2) is 0 Å². The highest BCUT2D eigenvalue weighted by atomic mass is 16.5. The average molecular weight is 279 g/mol. The molecule has 0 saturated carbocycles. The van der Waals surface area contributed by atoms with E-state index in [0.717, 1.165) is 5.56 Å². The third-order valence-electron chi connectivity index (χ3n) is 3.01. The minimum absolute atomic E-state index is 0.121. The van der Waals surface area contributed by atoms with Crippen LogP contribution in [0.1, 0.15) is 22.8 Å². The summed E-state index contributed by atoms with van der Waals surface area (Å²) in [4.78, 5) is 25.1. The summed E-state index contributed by atoms with van der Waals surface area (Å²) in [5.74, 6) is -0.786. The van der Waals surface area contributed by atoms with Gasteiger partial charge in [0.1, 0.15) is 0 Å². The number of methoxy groups -OCH3 is 2. The lowest BCUT2D eigenvalue weighted by atomic mass is 10.1. The number of carbonyl (C=O) groups is 2. The van der Waals surface area contributed by atoms with E-state index < -0.39 is 0 Å². The monoisotopic (exact) mass is 279 g/mol. The Kier molecular flexibility index (Phi) is 6.18. The largest absolute Gasteiger partial charge is 0.469 e. The summed E-state index contributed by atoms with van der Waals surface area (Å²) >= 11 is 0. The zero-order chi connectivity index (χ0) is 15.1.